The molecule has 0 aromatic carbocycles. The van der Waals surface area contributed by atoms with Gasteiger partial charge in [-0.25, -0.2) is 9.78 Å². The first-order valence-electron chi connectivity index (χ1n) is 7.63. The first kappa shape index (κ1) is 15.5. The molecule has 0 aliphatic carbocycles. The van der Waals surface area contributed by atoms with Gasteiger partial charge in [-0.15, -0.1) is 0 Å². The van der Waals surface area contributed by atoms with Crippen LogP contribution in [-0.2, 0) is 4.74 Å². The van der Waals surface area contributed by atoms with Crippen molar-refractivity contribution in [3.63, 3.8) is 0 Å². The molecule has 2 saturated heterocycles. The Kier molecular flexibility index (Phi) is 4.56. The monoisotopic (exact) mass is 321 g/mol. The Bertz CT molecular complexity index is 582. The number of ether oxygens (including phenoxy) is 1. The molecule has 0 atom stereocenters. The van der Waals surface area contributed by atoms with Gasteiger partial charge in [-0.3, -0.25) is 10.1 Å². The molecular formula is C14H19N5O4. The van der Waals surface area contributed by atoms with E-state index in [4.69, 9.17) is 4.74 Å². The van der Waals surface area contributed by atoms with Crippen molar-refractivity contribution in [2.45, 2.75) is 0 Å². The molecule has 124 valence electrons. The molecule has 9 nitrogen and oxygen atoms in total. The minimum Gasteiger partial charge on any atom is -0.378 e. The molecule has 0 unspecified atom stereocenters. The van der Waals surface area contributed by atoms with Crippen LogP contribution in [0.1, 0.15) is 0 Å². The summed E-state index contributed by atoms with van der Waals surface area (Å²) in [5, 5.41) is 11.1. The highest BCUT2D eigenvalue weighted by atomic mass is 16.6. The topological polar surface area (TPSA) is 92.1 Å². The van der Waals surface area contributed by atoms with Gasteiger partial charge in [-0.2, -0.15) is 0 Å². The van der Waals surface area contributed by atoms with Gasteiger partial charge in [-0.1, -0.05) is 0 Å². The van der Waals surface area contributed by atoms with Crippen LogP contribution in [0, 0.1) is 10.1 Å². The van der Waals surface area contributed by atoms with E-state index in [1.54, 1.807) is 22.1 Å². The molecule has 2 fully saturated rings. The molecule has 3 heterocycles. The number of nitrogens with zero attached hydrogens (tertiary/aromatic N) is 5. The van der Waals surface area contributed by atoms with Crippen LogP contribution in [0.15, 0.2) is 18.3 Å². The summed E-state index contributed by atoms with van der Waals surface area (Å²) in [5.74, 6) is 0.371. The predicted octanol–water partition coefficient (Wildman–Crippen LogP) is 0.564. The quantitative estimate of drug-likeness (QED) is 0.584. The first-order valence-corrected chi connectivity index (χ1v) is 7.63. The van der Waals surface area contributed by atoms with Gasteiger partial charge in [0.15, 0.2) is 0 Å². The largest absolute Gasteiger partial charge is 0.378 e. The minimum atomic E-state index is -0.423. The van der Waals surface area contributed by atoms with Gasteiger partial charge in [0.25, 0.3) is 0 Å². The van der Waals surface area contributed by atoms with Gasteiger partial charge in [0, 0.05) is 51.5 Å². The maximum absolute atomic E-state index is 12.4. The van der Waals surface area contributed by atoms with Crippen LogP contribution in [0.2, 0.25) is 0 Å². The number of amides is 2. The van der Waals surface area contributed by atoms with Gasteiger partial charge < -0.3 is 19.4 Å². The normalized spacial score (nSPS) is 18.9. The van der Waals surface area contributed by atoms with E-state index in [2.05, 4.69) is 4.98 Å². The fraction of sp³-hybridized carbons (Fsp3) is 0.571. The van der Waals surface area contributed by atoms with Gasteiger partial charge >= 0.3 is 11.7 Å². The summed E-state index contributed by atoms with van der Waals surface area (Å²) in [5.41, 5.74) is 0.000422. The summed E-state index contributed by atoms with van der Waals surface area (Å²) in [6.45, 7) is 4.52. The Morgan fingerprint density at radius 2 is 1.78 bits per heavy atom. The average molecular weight is 321 g/mol. The molecule has 0 radical (unpaired) electrons. The van der Waals surface area contributed by atoms with Crippen molar-refractivity contribution in [2.24, 2.45) is 0 Å². The highest BCUT2D eigenvalue weighted by Crippen LogP contribution is 2.25. The van der Waals surface area contributed by atoms with E-state index in [1.807, 2.05) is 4.90 Å². The van der Waals surface area contributed by atoms with Crippen LogP contribution in [0.3, 0.4) is 0 Å². The number of hydrogen-bond donors (Lipinski definition) is 0. The fourth-order valence-corrected chi connectivity index (χ4v) is 2.84. The lowest BCUT2D eigenvalue weighted by Crippen LogP contribution is -2.55. The SMILES string of the molecule is O=C(N1CCOCC1)N1CCN(c2ncccc2[N+](=O)[O-])CC1. The smallest absolute Gasteiger partial charge is 0.320 e. The fourth-order valence-electron chi connectivity index (χ4n) is 2.84. The molecule has 0 N–H and O–H groups in total. The number of aromatic nitrogens is 1. The van der Waals surface area contributed by atoms with Crippen LogP contribution in [0.4, 0.5) is 16.3 Å². The highest BCUT2D eigenvalue weighted by Gasteiger charge is 2.29. The number of anilines is 1. The molecule has 9 heteroatoms. The van der Waals surface area contributed by atoms with Crippen LogP contribution in [0.5, 0.6) is 0 Å². The second-order valence-corrected chi connectivity index (χ2v) is 5.46. The summed E-state index contributed by atoms with van der Waals surface area (Å²) in [4.78, 5) is 32.7. The average Bonchev–Trinajstić information content (AvgIpc) is 2.62. The maximum atomic E-state index is 12.4. The molecule has 2 aliphatic heterocycles. The zero-order valence-corrected chi connectivity index (χ0v) is 12.8. The number of carbonyl (C=O) groups is 1. The highest BCUT2D eigenvalue weighted by molar-refractivity contribution is 5.75. The number of rotatable bonds is 2. The van der Waals surface area contributed by atoms with Crippen LogP contribution in [-0.4, -0.2) is 78.2 Å². The summed E-state index contributed by atoms with van der Waals surface area (Å²) in [6.07, 6.45) is 1.55. The van der Waals surface area contributed by atoms with E-state index < -0.39 is 4.92 Å². The Labute approximate surface area is 133 Å². The summed E-state index contributed by atoms with van der Waals surface area (Å²) in [7, 11) is 0. The number of nitro groups is 1. The van der Waals surface area contributed by atoms with Crippen molar-refractivity contribution < 1.29 is 14.5 Å². The van der Waals surface area contributed by atoms with Gasteiger partial charge in [-0.05, 0) is 6.07 Å². The molecular weight excluding hydrogens is 302 g/mol. The van der Waals surface area contributed by atoms with Crippen molar-refractivity contribution in [3.8, 4) is 0 Å². The minimum absolute atomic E-state index is 0.000422. The third kappa shape index (κ3) is 3.34. The van der Waals surface area contributed by atoms with E-state index >= 15 is 0 Å². The van der Waals surface area contributed by atoms with E-state index in [1.165, 1.54) is 6.07 Å². The molecule has 23 heavy (non-hydrogen) atoms. The summed E-state index contributed by atoms with van der Waals surface area (Å²) >= 11 is 0. The Morgan fingerprint density at radius 1 is 1.13 bits per heavy atom. The van der Waals surface area contributed by atoms with Crippen LogP contribution < -0.4 is 4.90 Å². The second-order valence-electron chi connectivity index (χ2n) is 5.46. The first-order chi connectivity index (χ1) is 11.2. The van der Waals surface area contributed by atoms with E-state index in [-0.39, 0.29) is 11.7 Å². The standard InChI is InChI=1S/C14H19N5O4/c20-14(18-8-10-23-11-9-18)17-6-4-16(5-7-17)13-12(19(21)22)2-1-3-15-13/h1-3H,4-11H2. The Hall–Kier alpha value is -2.42. The Balaban J connectivity index is 1.62. The van der Waals surface area contributed by atoms with E-state index in [9.17, 15) is 14.9 Å². The summed E-state index contributed by atoms with van der Waals surface area (Å²) in [6, 6.07) is 3.02. The van der Waals surface area contributed by atoms with Crippen molar-refractivity contribution in [1.29, 1.82) is 0 Å². The Morgan fingerprint density at radius 3 is 2.43 bits per heavy atom. The number of hydrogen-bond acceptors (Lipinski definition) is 6. The second kappa shape index (κ2) is 6.78. The maximum Gasteiger partial charge on any atom is 0.320 e. The van der Waals surface area contributed by atoms with Crippen LogP contribution in [0.25, 0.3) is 0 Å². The molecule has 1 aromatic rings. The zero-order chi connectivity index (χ0) is 16.2. The molecule has 2 amide bonds. The number of pyridine rings is 1. The van der Waals surface area contributed by atoms with Gasteiger partial charge in [0.05, 0.1) is 18.1 Å². The van der Waals surface area contributed by atoms with E-state index in [0.29, 0.717) is 58.3 Å². The predicted molar refractivity (Wildman–Crippen MR) is 82.5 cm³/mol. The van der Waals surface area contributed by atoms with Crippen LogP contribution >= 0.6 is 0 Å². The third-order valence-corrected chi connectivity index (χ3v) is 4.09. The summed E-state index contributed by atoms with van der Waals surface area (Å²) < 4.78 is 5.25. The van der Waals surface area contributed by atoms with Crippen molar-refractivity contribution in [2.75, 3.05) is 57.4 Å². The van der Waals surface area contributed by atoms with Crippen molar-refractivity contribution in [3.05, 3.63) is 28.4 Å². The molecule has 2 aliphatic rings. The van der Waals surface area contributed by atoms with Crippen molar-refractivity contribution in [1.82, 2.24) is 14.8 Å². The lowest BCUT2D eigenvalue weighted by Gasteiger charge is -2.38. The number of carbonyl (C=O) groups excluding carboxylic acids is 1. The van der Waals surface area contributed by atoms with Gasteiger partial charge in [0.1, 0.15) is 0 Å². The number of piperazine rings is 1. The molecule has 3 rings (SSSR count). The van der Waals surface area contributed by atoms with Gasteiger partial charge in [0.2, 0.25) is 5.82 Å². The molecule has 0 bridgehead atoms. The van der Waals surface area contributed by atoms with E-state index in [0.717, 1.165) is 0 Å². The lowest BCUT2D eigenvalue weighted by atomic mass is 10.3. The molecule has 1 aromatic heterocycles. The number of urea groups is 1. The molecule has 0 saturated carbocycles. The third-order valence-electron chi connectivity index (χ3n) is 4.09. The zero-order valence-electron chi connectivity index (χ0n) is 12.8. The molecule has 0 spiro atoms. The lowest BCUT2D eigenvalue weighted by molar-refractivity contribution is -0.384. The van der Waals surface area contributed by atoms with Crippen molar-refractivity contribution >= 4 is 17.5 Å². The number of morpholine rings is 1.